The van der Waals surface area contributed by atoms with Crippen molar-refractivity contribution in [2.45, 2.75) is 0 Å². The smallest absolute Gasteiger partial charge is 0.345 e. The highest BCUT2D eigenvalue weighted by molar-refractivity contribution is 5.89. The summed E-state index contributed by atoms with van der Waals surface area (Å²) in [5.41, 5.74) is 1.93. The zero-order chi connectivity index (χ0) is 23.9. The van der Waals surface area contributed by atoms with Crippen LogP contribution in [0.15, 0.2) is 94.4 Å². The Morgan fingerprint density at radius 2 is 1.74 bits per heavy atom. The van der Waals surface area contributed by atoms with Crippen LogP contribution in [-0.4, -0.2) is 26.0 Å². The van der Waals surface area contributed by atoms with Gasteiger partial charge in [0.15, 0.2) is 17.8 Å². The summed E-state index contributed by atoms with van der Waals surface area (Å²) in [7, 11) is 0. The second-order valence-electron chi connectivity index (χ2n) is 7.90. The number of nitrogens with zero attached hydrogens (tertiary/aromatic N) is 4. The lowest BCUT2D eigenvalue weighted by Gasteiger charge is -2.11. The van der Waals surface area contributed by atoms with Crippen LogP contribution in [-0.2, 0) is 0 Å². The van der Waals surface area contributed by atoms with Crippen LogP contribution >= 0.6 is 0 Å². The number of benzene rings is 2. The standard InChI is InChI=1S/C27H15FN4O3/c28-20-8-3-6-16(11-20)21-13-18-7-4-10-29-25(18)30-26(21)32-14-19(15-33)24(31-32)22-12-17-5-1-2-9-23(17)35-27(22)34/h1-15H. The first kappa shape index (κ1) is 20.6. The average molecular weight is 462 g/mol. The second kappa shape index (κ2) is 8.11. The first-order chi connectivity index (χ1) is 17.1. The maximum atomic E-state index is 14.1. The molecule has 168 valence electrons. The first-order valence-electron chi connectivity index (χ1n) is 10.7. The molecule has 0 radical (unpaired) electrons. The molecule has 0 spiro atoms. The van der Waals surface area contributed by atoms with Crippen molar-refractivity contribution in [3.05, 3.63) is 107 Å². The van der Waals surface area contributed by atoms with E-state index in [0.717, 1.165) is 5.39 Å². The van der Waals surface area contributed by atoms with Gasteiger partial charge in [-0.25, -0.2) is 23.8 Å². The highest BCUT2D eigenvalue weighted by Crippen LogP contribution is 2.30. The molecule has 4 aromatic heterocycles. The van der Waals surface area contributed by atoms with Crippen molar-refractivity contribution in [3.8, 4) is 28.2 Å². The van der Waals surface area contributed by atoms with Gasteiger partial charge in [-0.3, -0.25) is 4.79 Å². The maximum absolute atomic E-state index is 14.1. The summed E-state index contributed by atoms with van der Waals surface area (Å²) in [5.74, 6) is -0.0652. The minimum atomic E-state index is -0.615. The minimum absolute atomic E-state index is 0.149. The number of hydrogen-bond donors (Lipinski definition) is 0. The molecule has 0 aliphatic heterocycles. The van der Waals surface area contributed by atoms with Crippen molar-refractivity contribution < 1.29 is 13.6 Å². The van der Waals surface area contributed by atoms with Crippen molar-refractivity contribution in [1.29, 1.82) is 0 Å². The Morgan fingerprint density at radius 3 is 2.60 bits per heavy atom. The number of rotatable bonds is 4. The summed E-state index contributed by atoms with van der Waals surface area (Å²) in [6.07, 6.45) is 3.72. The van der Waals surface area contributed by atoms with Crippen LogP contribution in [0.2, 0.25) is 0 Å². The van der Waals surface area contributed by atoms with Crippen LogP contribution in [0.25, 0.3) is 50.2 Å². The monoisotopic (exact) mass is 462 g/mol. The third-order valence-electron chi connectivity index (χ3n) is 5.69. The van der Waals surface area contributed by atoms with Gasteiger partial charge < -0.3 is 4.42 Å². The molecule has 6 rings (SSSR count). The van der Waals surface area contributed by atoms with E-state index < -0.39 is 11.4 Å². The molecule has 4 heterocycles. The first-order valence-corrected chi connectivity index (χ1v) is 10.7. The molecule has 35 heavy (non-hydrogen) atoms. The Balaban J connectivity index is 1.60. The normalized spacial score (nSPS) is 11.2. The molecular weight excluding hydrogens is 447 g/mol. The van der Waals surface area contributed by atoms with E-state index >= 15 is 0 Å². The quantitative estimate of drug-likeness (QED) is 0.264. The third kappa shape index (κ3) is 3.57. The summed E-state index contributed by atoms with van der Waals surface area (Å²) >= 11 is 0. The number of aldehydes is 1. The molecule has 0 aliphatic rings. The van der Waals surface area contributed by atoms with Crippen molar-refractivity contribution in [3.63, 3.8) is 0 Å². The fourth-order valence-corrected chi connectivity index (χ4v) is 4.06. The molecule has 0 aliphatic carbocycles. The van der Waals surface area contributed by atoms with E-state index in [-0.39, 0.29) is 16.8 Å². The highest BCUT2D eigenvalue weighted by Gasteiger charge is 2.20. The molecule has 0 amide bonds. The number of halogens is 1. The van der Waals surface area contributed by atoms with E-state index in [4.69, 9.17) is 4.42 Å². The molecule has 0 unspecified atom stereocenters. The van der Waals surface area contributed by atoms with Crippen LogP contribution in [0, 0.1) is 5.82 Å². The maximum Gasteiger partial charge on any atom is 0.345 e. The van der Waals surface area contributed by atoms with E-state index in [1.54, 1.807) is 48.7 Å². The van der Waals surface area contributed by atoms with Crippen LogP contribution in [0.5, 0.6) is 0 Å². The largest absolute Gasteiger partial charge is 0.422 e. The van der Waals surface area contributed by atoms with Gasteiger partial charge in [-0.2, -0.15) is 5.10 Å². The number of fused-ring (bicyclic) bond motifs is 2. The lowest BCUT2D eigenvalue weighted by molar-refractivity contribution is 0.112. The lowest BCUT2D eigenvalue weighted by atomic mass is 10.0. The number of pyridine rings is 2. The summed E-state index contributed by atoms with van der Waals surface area (Å²) in [6, 6.07) is 20.3. The van der Waals surface area contributed by atoms with Gasteiger partial charge in [0.2, 0.25) is 0 Å². The zero-order valence-corrected chi connectivity index (χ0v) is 18.1. The zero-order valence-electron chi connectivity index (χ0n) is 18.1. The fourth-order valence-electron chi connectivity index (χ4n) is 4.06. The van der Waals surface area contributed by atoms with Crippen LogP contribution < -0.4 is 5.63 Å². The molecule has 0 fully saturated rings. The number of hydrogen-bond acceptors (Lipinski definition) is 6. The molecule has 2 aromatic carbocycles. The molecule has 0 atom stereocenters. The summed E-state index contributed by atoms with van der Waals surface area (Å²) in [4.78, 5) is 33.7. The number of para-hydroxylation sites is 1. The van der Waals surface area contributed by atoms with E-state index in [2.05, 4.69) is 15.1 Å². The van der Waals surface area contributed by atoms with Gasteiger partial charge in [-0.05, 0) is 48.0 Å². The summed E-state index contributed by atoms with van der Waals surface area (Å²) in [5, 5.41) is 6.00. The molecule has 0 saturated heterocycles. The third-order valence-corrected chi connectivity index (χ3v) is 5.69. The molecule has 6 aromatic rings. The molecule has 0 saturated carbocycles. The fraction of sp³-hybridized carbons (Fsp3) is 0. The van der Waals surface area contributed by atoms with E-state index in [1.165, 1.54) is 23.0 Å². The van der Waals surface area contributed by atoms with E-state index in [9.17, 15) is 14.0 Å². The van der Waals surface area contributed by atoms with Gasteiger partial charge in [-0.15, -0.1) is 0 Å². The van der Waals surface area contributed by atoms with Gasteiger partial charge in [0.05, 0.1) is 11.1 Å². The van der Waals surface area contributed by atoms with Gasteiger partial charge in [0.1, 0.15) is 17.1 Å². The SMILES string of the molecule is O=Cc1cn(-c2nc3ncccc3cc2-c2cccc(F)c2)nc1-c1cc2ccccc2oc1=O. The van der Waals surface area contributed by atoms with Gasteiger partial charge in [0, 0.05) is 28.7 Å². The van der Waals surface area contributed by atoms with Crippen molar-refractivity contribution >= 4 is 28.3 Å². The van der Waals surface area contributed by atoms with Crippen molar-refractivity contribution in [1.82, 2.24) is 19.7 Å². The second-order valence-corrected chi connectivity index (χ2v) is 7.90. The van der Waals surface area contributed by atoms with Crippen molar-refractivity contribution in [2.24, 2.45) is 0 Å². The number of carbonyl (C=O) groups is 1. The Kier molecular flexibility index (Phi) is 4.77. The van der Waals surface area contributed by atoms with E-state index in [1.807, 2.05) is 18.2 Å². The highest BCUT2D eigenvalue weighted by atomic mass is 19.1. The molecule has 7 nitrogen and oxygen atoms in total. The summed E-state index contributed by atoms with van der Waals surface area (Å²) < 4.78 is 20.9. The topological polar surface area (TPSA) is 90.9 Å². The van der Waals surface area contributed by atoms with Crippen LogP contribution in [0.3, 0.4) is 0 Å². The Bertz CT molecular complexity index is 1820. The molecule has 0 N–H and O–H groups in total. The van der Waals surface area contributed by atoms with Gasteiger partial charge in [0.25, 0.3) is 0 Å². The molecular formula is C27H15FN4O3. The molecule has 0 bridgehead atoms. The lowest BCUT2D eigenvalue weighted by Crippen LogP contribution is -2.06. The van der Waals surface area contributed by atoms with Gasteiger partial charge in [-0.1, -0.05) is 30.3 Å². The minimum Gasteiger partial charge on any atom is -0.422 e. The predicted octanol–water partition coefficient (Wildman–Crippen LogP) is 5.21. The predicted molar refractivity (Wildman–Crippen MR) is 129 cm³/mol. The average Bonchev–Trinajstić information content (AvgIpc) is 3.31. The summed E-state index contributed by atoms with van der Waals surface area (Å²) in [6.45, 7) is 0. The Morgan fingerprint density at radius 1 is 0.914 bits per heavy atom. The Labute approximate surface area is 197 Å². The van der Waals surface area contributed by atoms with Gasteiger partial charge >= 0.3 is 5.63 Å². The molecule has 8 heteroatoms. The Hall–Kier alpha value is -4.98. The van der Waals surface area contributed by atoms with Crippen LogP contribution in [0.1, 0.15) is 10.4 Å². The van der Waals surface area contributed by atoms with Crippen molar-refractivity contribution in [2.75, 3.05) is 0 Å². The number of carbonyl (C=O) groups excluding carboxylic acids is 1. The van der Waals surface area contributed by atoms with E-state index in [0.29, 0.717) is 39.8 Å². The number of aromatic nitrogens is 4. The van der Waals surface area contributed by atoms with Crippen LogP contribution in [0.4, 0.5) is 4.39 Å².